The van der Waals surface area contributed by atoms with E-state index in [4.69, 9.17) is 4.74 Å². The Hall–Kier alpha value is -2.57. The van der Waals surface area contributed by atoms with E-state index in [1.54, 1.807) is 31.2 Å². The van der Waals surface area contributed by atoms with Crippen LogP contribution in [0.2, 0.25) is 0 Å². The van der Waals surface area contributed by atoms with Crippen molar-refractivity contribution in [2.24, 2.45) is 0 Å². The average Bonchev–Trinajstić information content (AvgIpc) is 2.52. The van der Waals surface area contributed by atoms with Gasteiger partial charge in [-0.2, -0.15) is 0 Å². The fourth-order valence-corrected chi connectivity index (χ4v) is 1.62. The Morgan fingerprint density at radius 3 is 2.41 bits per heavy atom. The fourth-order valence-electron chi connectivity index (χ4n) is 1.62. The standard InChI is InChI=1S/C15H20N2O5/c1-3-22-14(19)11-6-8-12(9-7-11)17-15(20)16-10-4-5-13(18)21-2/h6-9H,3-5,10H2,1-2H3,(H2,16,17,20). The van der Waals surface area contributed by atoms with Crippen molar-refractivity contribution in [1.82, 2.24) is 5.32 Å². The second-order valence-corrected chi connectivity index (χ2v) is 4.36. The molecule has 0 aromatic heterocycles. The molecule has 0 unspecified atom stereocenters. The van der Waals surface area contributed by atoms with Crippen molar-refractivity contribution in [3.8, 4) is 0 Å². The molecule has 0 aliphatic carbocycles. The third-order valence-electron chi connectivity index (χ3n) is 2.72. The summed E-state index contributed by atoms with van der Waals surface area (Å²) in [4.78, 5) is 34.0. The van der Waals surface area contributed by atoms with E-state index in [-0.39, 0.29) is 18.4 Å². The van der Waals surface area contributed by atoms with E-state index in [9.17, 15) is 14.4 Å². The summed E-state index contributed by atoms with van der Waals surface area (Å²) in [5.74, 6) is -0.710. The number of hydrogen-bond donors (Lipinski definition) is 2. The minimum atomic E-state index is -0.402. The third-order valence-corrected chi connectivity index (χ3v) is 2.72. The molecule has 0 heterocycles. The molecule has 120 valence electrons. The number of urea groups is 1. The van der Waals surface area contributed by atoms with Crippen molar-refractivity contribution in [2.75, 3.05) is 25.6 Å². The molecule has 0 radical (unpaired) electrons. The molecule has 2 N–H and O–H groups in total. The van der Waals surface area contributed by atoms with Gasteiger partial charge in [0.05, 0.1) is 19.3 Å². The molecule has 0 aliphatic rings. The number of carbonyl (C=O) groups is 3. The van der Waals surface area contributed by atoms with Crippen LogP contribution in [0.4, 0.5) is 10.5 Å². The van der Waals surface area contributed by atoms with E-state index in [1.807, 2.05) is 0 Å². The van der Waals surface area contributed by atoms with Gasteiger partial charge in [-0.3, -0.25) is 4.79 Å². The lowest BCUT2D eigenvalue weighted by Gasteiger charge is -2.08. The number of rotatable bonds is 7. The number of amides is 2. The van der Waals surface area contributed by atoms with Crippen molar-refractivity contribution in [3.05, 3.63) is 29.8 Å². The van der Waals surface area contributed by atoms with Crippen LogP contribution < -0.4 is 10.6 Å². The van der Waals surface area contributed by atoms with Crippen molar-refractivity contribution in [3.63, 3.8) is 0 Å². The first-order valence-corrected chi connectivity index (χ1v) is 6.95. The highest BCUT2D eigenvalue weighted by atomic mass is 16.5. The quantitative estimate of drug-likeness (QED) is 0.593. The number of nitrogens with one attached hydrogen (secondary N) is 2. The van der Waals surface area contributed by atoms with Gasteiger partial charge in [0.15, 0.2) is 0 Å². The smallest absolute Gasteiger partial charge is 0.338 e. The van der Waals surface area contributed by atoms with Gasteiger partial charge in [0, 0.05) is 18.7 Å². The Balaban J connectivity index is 2.35. The van der Waals surface area contributed by atoms with Crippen LogP contribution >= 0.6 is 0 Å². The van der Waals surface area contributed by atoms with Crippen LogP contribution in [-0.4, -0.2) is 38.2 Å². The fraction of sp³-hybridized carbons (Fsp3) is 0.400. The molecular formula is C15H20N2O5. The number of hydrogen-bond acceptors (Lipinski definition) is 5. The van der Waals surface area contributed by atoms with E-state index < -0.39 is 5.97 Å². The third kappa shape index (κ3) is 6.25. The summed E-state index contributed by atoms with van der Waals surface area (Å²) in [6, 6.07) is 5.99. The first-order valence-electron chi connectivity index (χ1n) is 6.95. The number of benzene rings is 1. The summed E-state index contributed by atoms with van der Waals surface area (Å²) in [6.07, 6.45) is 0.757. The molecule has 1 rings (SSSR count). The molecule has 1 aromatic carbocycles. The summed E-state index contributed by atoms with van der Waals surface area (Å²) >= 11 is 0. The number of ether oxygens (including phenoxy) is 2. The summed E-state index contributed by atoms with van der Waals surface area (Å²) in [5, 5.41) is 5.24. The number of anilines is 1. The monoisotopic (exact) mass is 308 g/mol. The molecule has 0 fully saturated rings. The molecule has 0 spiro atoms. The predicted molar refractivity (Wildman–Crippen MR) is 80.7 cm³/mol. The van der Waals surface area contributed by atoms with Crippen molar-refractivity contribution in [1.29, 1.82) is 0 Å². The number of esters is 2. The maximum absolute atomic E-state index is 11.6. The van der Waals surface area contributed by atoms with E-state index in [0.717, 1.165) is 0 Å². The van der Waals surface area contributed by atoms with Gasteiger partial charge in [-0.15, -0.1) is 0 Å². The molecule has 2 amide bonds. The highest BCUT2D eigenvalue weighted by Crippen LogP contribution is 2.10. The molecule has 7 nitrogen and oxygen atoms in total. The maximum atomic E-state index is 11.6. The molecule has 22 heavy (non-hydrogen) atoms. The summed E-state index contributed by atoms with van der Waals surface area (Å²) in [7, 11) is 1.32. The summed E-state index contributed by atoms with van der Waals surface area (Å²) in [5.41, 5.74) is 0.976. The zero-order valence-electron chi connectivity index (χ0n) is 12.7. The van der Waals surface area contributed by atoms with Crippen molar-refractivity contribution < 1.29 is 23.9 Å². The molecule has 0 aliphatic heterocycles. The van der Waals surface area contributed by atoms with Crippen LogP contribution in [-0.2, 0) is 14.3 Å². The van der Waals surface area contributed by atoms with Crippen molar-refractivity contribution >= 4 is 23.7 Å². The Morgan fingerprint density at radius 1 is 1.14 bits per heavy atom. The second kappa shape index (κ2) is 9.38. The topological polar surface area (TPSA) is 93.7 Å². The Labute approximate surface area is 129 Å². The van der Waals surface area contributed by atoms with Crippen LogP contribution in [0, 0.1) is 0 Å². The molecule has 0 atom stereocenters. The number of carbonyl (C=O) groups excluding carboxylic acids is 3. The highest BCUT2D eigenvalue weighted by Gasteiger charge is 2.07. The van der Waals surface area contributed by atoms with Gasteiger partial charge in [0.2, 0.25) is 0 Å². The minimum absolute atomic E-state index is 0.255. The van der Waals surface area contributed by atoms with Crippen LogP contribution in [0.25, 0.3) is 0 Å². The first kappa shape index (κ1) is 17.5. The van der Waals surface area contributed by atoms with Gasteiger partial charge in [-0.05, 0) is 37.6 Å². The lowest BCUT2D eigenvalue weighted by Crippen LogP contribution is -2.29. The van der Waals surface area contributed by atoms with E-state index >= 15 is 0 Å². The van der Waals surface area contributed by atoms with Gasteiger partial charge in [0.25, 0.3) is 0 Å². The van der Waals surface area contributed by atoms with E-state index in [0.29, 0.717) is 30.8 Å². The van der Waals surface area contributed by atoms with Gasteiger partial charge < -0.3 is 20.1 Å². The lowest BCUT2D eigenvalue weighted by molar-refractivity contribution is -0.140. The van der Waals surface area contributed by atoms with Crippen LogP contribution in [0.5, 0.6) is 0 Å². The molecule has 7 heteroatoms. The Bertz CT molecular complexity index is 513. The largest absolute Gasteiger partial charge is 0.469 e. The molecule has 0 saturated heterocycles. The zero-order valence-corrected chi connectivity index (χ0v) is 12.7. The number of methoxy groups -OCH3 is 1. The van der Waals surface area contributed by atoms with Crippen LogP contribution in [0.1, 0.15) is 30.1 Å². The molecular weight excluding hydrogens is 288 g/mol. The lowest BCUT2D eigenvalue weighted by atomic mass is 10.2. The predicted octanol–water partition coefficient (Wildman–Crippen LogP) is 1.94. The highest BCUT2D eigenvalue weighted by molar-refractivity contribution is 5.92. The van der Waals surface area contributed by atoms with E-state index in [1.165, 1.54) is 7.11 Å². The normalized spacial score (nSPS) is 9.73. The SMILES string of the molecule is CCOC(=O)c1ccc(NC(=O)NCCCC(=O)OC)cc1. The first-order chi connectivity index (χ1) is 10.6. The minimum Gasteiger partial charge on any atom is -0.469 e. The van der Waals surface area contributed by atoms with Crippen molar-refractivity contribution in [2.45, 2.75) is 19.8 Å². The van der Waals surface area contributed by atoms with Gasteiger partial charge in [-0.25, -0.2) is 9.59 Å². The average molecular weight is 308 g/mol. The maximum Gasteiger partial charge on any atom is 0.338 e. The van der Waals surface area contributed by atoms with Crippen LogP contribution in [0.15, 0.2) is 24.3 Å². The Morgan fingerprint density at radius 2 is 1.82 bits per heavy atom. The molecule has 0 bridgehead atoms. The summed E-state index contributed by atoms with van der Waals surface area (Å²) in [6.45, 7) is 2.41. The molecule has 0 saturated carbocycles. The molecule has 1 aromatic rings. The zero-order chi connectivity index (χ0) is 16.4. The second-order valence-electron chi connectivity index (χ2n) is 4.36. The van der Waals surface area contributed by atoms with Gasteiger partial charge >= 0.3 is 18.0 Å². The van der Waals surface area contributed by atoms with Crippen LogP contribution in [0.3, 0.4) is 0 Å². The van der Waals surface area contributed by atoms with Gasteiger partial charge in [-0.1, -0.05) is 0 Å². The summed E-state index contributed by atoms with van der Waals surface area (Å²) < 4.78 is 9.36. The Kier molecular flexibility index (Phi) is 7.45. The van der Waals surface area contributed by atoms with E-state index in [2.05, 4.69) is 15.4 Å². The van der Waals surface area contributed by atoms with Gasteiger partial charge in [0.1, 0.15) is 0 Å².